The summed E-state index contributed by atoms with van der Waals surface area (Å²) in [5.74, 6) is -0.599. The largest absolute Gasteiger partial charge is 0.485 e. The zero-order valence-corrected chi connectivity index (χ0v) is 12.1. The lowest BCUT2D eigenvalue weighted by Crippen LogP contribution is -2.12. The Labute approximate surface area is 122 Å². The third kappa shape index (κ3) is 3.18. The number of ketones is 1. The van der Waals surface area contributed by atoms with E-state index in [0.29, 0.717) is 11.8 Å². The van der Waals surface area contributed by atoms with Crippen LogP contribution in [0.25, 0.3) is 0 Å². The van der Waals surface area contributed by atoms with Crippen molar-refractivity contribution in [2.45, 2.75) is 13.8 Å². The van der Waals surface area contributed by atoms with Crippen LogP contribution in [0.15, 0.2) is 24.3 Å². The van der Waals surface area contributed by atoms with Gasteiger partial charge in [-0.1, -0.05) is 0 Å². The van der Waals surface area contributed by atoms with Crippen molar-refractivity contribution in [3.05, 3.63) is 52.6 Å². The number of aryl methyl sites for hydroxylation is 1. The highest BCUT2D eigenvalue weighted by Crippen LogP contribution is 2.17. The summed E-state index contributed by atoms with van der Waals surface area (Å²) in [4.78, 5) is 22.8. The fourth-order valence-corrected chi connectivity index (χ4v) is 2.10. The van der Waals surface area contributed by atoms with E-state index in [0.717, 1.165) is 23.5 Å². The lowest BCUT2D eigenvalue weighted by molar-refractivity contribution is 0.0920. The van der Waals surface area contributed by atoms with Crippen molar-refractivity contribution in [1.82, 2.24) is 4.57 Å². The highest BCUT2D eigenvalue weighted by Gasteiger charge is 2.14. The molecule has 2 rings (SSSR count). The van der Waals surface area contributed by atoms with Crippen LogP contribution in [0.5, 0.6) is 5.75 Å². The standard InChI is InChI=1S/C16H16FNO3/c1-10-4-15(11(2)18(10)3)16(20)9-21-14-6-12(8-19)5-13(17)7-14/h4-8H,9H2,1-3H3. The van der Waals surface area contributed by atoms with Crippen molar-refractivity contribution in [2.24, 2.45) is 7.05 Å². The number of carbonyl (C=O) groups is 2. The first-order chi connectivity index (χ1) is 9.92. The number of halogens is 1. The molecule has 21 heavy (non-hydrogen) atoms. The zero-order chi connectivity index (χ0) is 15.6. The van der Waals surface area contributed by atoms with Crippen LogP contribution in [0.3, 0.4) is 0 Å². The van der Waals surface area contributed by atoms with Crippen molar-refractivity contribution in [3.8, 4) is 5.75 Å². The van der Waals surface area contributed by atoms with E-state index >= 15 is 0 Å². The van der Waals surface area contributed by atoms with Gasteiger partial charge in [0.25, 0.3) is 0 Å². The van der Waals surface area contributed by atoms with E-state index < -0.39 is 5.82 Å². The highest BCUT2D eigenvalue weighted by molar-refractivity contribution is 5.98. The summed E-state index contributed by atoms with van der Waals surface area (Å²) >= 11 is 0. The van der Waals surface area contributed by atoms with Gasteiger partial charge >= 0.3 is 0 Å². The molecule has 0 unspecified atom stereocenters. The Bertz CT molecular complexity index is 704. The van der Waals surface area contributed by atoms with Gasteiger partial charge in [-0.05, 0) is 32.0 Å². The van der Waals surface area contributed by atoms with E-state index in [9.17, 15) is 14.0 Å². The first-order valence-corrected chi connectivity index (χ1v) is 6.47. The summed E-state index contributed by atoms with van der Waals surface area (Å²) in [6, 6.07) is 5.44. The van der Waals surface area contributed by atoms with Crippen LogP contribution in [0.1, 0.15) is 32.1 Å². The number of hydrogen-bond acceptors (Lipinski definition) is 3. The van der Waals surface area contributed by atoms with Crippen LogP contribution < -0.4 is 4.74 Å². The minimum atomic E-state index is -0.575. The van der Waals surface area contributed by atoms with Gasteiger partial charge in [0.05, 0.1) is 0 Å². The molecule has 0 saturated heterocycles. The van der Waals surface area contributed by atoms with Gasteiger partial charge in [0.15, 0.2) is 6.61 Å². The molecular formula is C16H16FNO3. The summed E-state index contributed by atoms with van der Waals surface area (Å²) in [6.45, 7) is 3.56. The molecule has 0 amide bonds. The Balaban J connectivity index is 2.12. The number of ether oxygens (including phenoxy) is 1. The molecule has 0 atom stereocenters. The lowest BCUT2D eigenvalue weighted by atomic mass is 10.1. The smallest absolute Gasteiger partial charge is 0.202 e. The van der Waals surface area contributed by atoms with Crippen LogP contribution in [0, 0.1) is 19.7 Å². The van der Waals surface area contributed by atoms with Crippen molar-refractivity contribution < 1.29 is 18.7 Å². The van der Waals surface area contributed by atoms with E-state index in [4.69, 9.17) is 4.74 Å². The molecular weight excluding hydrogens is 273 g/mol. The van der Waals surface area contributed by atoms with Gasteiger partial charge in [-0.2, -0.15) is 0 Å². The Morgan fingerprint density at radius 2 is 2.00 bits per heavy atom. The molecule has 1 heterocycles. The maximum atomic E-state index is 13.3. The Morgan fingerprint density at radius 3 is 2.57 bits per heavy atom. The molecule has 0 fully saturated rings. The van der Waals surface area contributed by atoms with Crippen LogP contribution >= 0.6 is 0 Å². The number of Topliss-reactive ketones (excluding diaryl/α,β-unsaturated/α-hetero) is 1. The van der Waals surface area contributed by atoms with Gasteiger partial charge < -0.3 is 9.30 Å². The van der Waals surface area contributed by atoms with Crippen LogP contribution in [-0.2, 0) is 7.05 Å². The summed E-state index contributed by atoms with van der Waals surface area (Å²) in [7, 11) is 1.88. The second kappa shape index (κ2) is 5.91. The average molecular weight is 289 g/mol. The predicted molar refractivity (Wildman–Crippen MR) is 76.5 cm³/mol. The van der Waals surface area contributed by atoms with Crippen molar-refractivity contribution >= 4 is 12.1 Å². The van der Waals surface area contributed by atoms with E-state index in [1.54, 1.807) is 6.07 Å². The van der Waals surface area contributed by atoms with E-state index in [-0.39, 0.29) is 23.7 Å². The minimum absolute atomic E-state index is 0.163. The molecule has 0 spiro atoms. The predicted octanol–water partition coefficient (Wildman–Crippen LogP) is 2.86. The fraction of sp³-hybridized carbons (Fsp3) is 0.250. The Kier molecular flexibility index (Phi) is 4.21. The average Bonchev–Trinajstić information content (AvgIpc) is 2.72. The fourth-order valence-electron chi connectivity index (χ4n) is 2.10. The Hall–Kier alpha value is -2.43. The number of aldehydes is 1. The topological polar surface area (TPSA) is 48.3 Å². The van der Waals surface area contributed by atoms with Gasteiger partial charge in [0.1, 0.15) is 17.9 Å². The van der Waals surface area contributed by atoms with Gasteiger partial charge in [-0.3, -0.25) is 9.59 Å². The normalized spacial score (nSPS) is 10.5. The quantitative estimate of drug-likeness (QED) is 0.628. The lowest BCUT2D eigenvalue weighted by Gasteiger charge is -2.07. The molecule has 0 aliphatic carbocycles. The third-order valence-corrected chi connectivity index (χ3v) is 3.48. The van der Waals surface area contributed by atoms with Crippen LogP contribution in [-0.4, -0.2) is 23.2 Å². The molecule has 0 saturated carbocycles. The first kappa shape index (κ1) is 15.0. The van der Waals surface area contributed by atoms with E-state index in [1.165, 1.54) is 6.07 Å². The summed E-state index contributed by atoms with van der Waals surface area (Å²) in [5, 5.41) is 0. The maximum Gasteiger partial charge on any atom is 0.202 e. The van der Waals surface area contributed by atoms with Crippen LogP contribution in [0.4, 0.5) is 4.39 Å². The monoisotopic (exact) mass is 289 g/mol. The van der Waals surface area contributed by atoms with Gasteiger partial charge in [0.2, 0.25) is 5.78 Å². The zero-order valence-electron chi connectivity index (χ0n) is 12.1. The molecule has 1 aromatic carbocycles. The first-order valence-electron chi connectivity index (χ1n) is 6.47. The third-order valence-electron chi connectivity index (χ3n) is 3.48. The van der Waals surface area contributed by atoms with Crippen molar-refractivity contribution in [1.29, 1.82) is 0 Å². The second-order valence-electron chi connectivity index (χ2n) is 4.89. The molecule has 0 aliphatic heterocycles. The number of hydrogen-bond donors (Lipinski definition) is 0. The SMILES string of the molecule is Cc1cc(C(=O)COc2cc(F)cc(C=O)c2)c(C)n1C. The molecule has 5 heteroatoms. The summed E-state index contributed by atoms with van der Waals surface area (Å²) in [6.07, 6.45) is 0.530. The van der Waals surface area contributed by atoms with Crippen molar-refractivity contribution in [3.63, 3.8) is 0 Å². The number of nitrogens with zero attached hydrogens (tertiary/aromatic N) is 1. The molecule has 2 aromatic rings. The molecule has 0 N–H and O–H groups in total. The number of carbonyl (C=O) groups excluding carboxylic acids is 2. The summed E-state index contributed by atoms with van der Waals surface area (Å²) < 4.78 is 20.5. The van der Waals surface area contributed by atoms with E-state index in [1.807, 2.05) is 25.5 Å². The number of rotatable bonds is 5. The van der Waals surface area contributed by atoms with Gasteiger partial charge in [-0.25, -0.2) is 4.39 Å². The summed E-state index contributed by atoms with van der Waals surface area (Å²) in [5.41, 5.74) is 2.59. The van der Waals surface area contributed by atoms with E-state index in [2.05, 4.69) is 0 Å². The number of benzene rings is 1. The molecule has 0 aliphatic rings. The molecule has 0 radical (unpaired) electrons. The van der Waals surface area contributed by atoms with Gasteiger partial charge in [0, 0.05) is 35.6 Å². The van der Waals surface area contributed by atoms with Gasteiger partial charge in [-0.15, -0.1) is 0 Å². The highest BCUT2D eigenvalue weighted by atomic mass is 19.1. The van der Waals surface area contributed by atoms with Crippen molar-refractivity contribution in [2.75, 3.05) is 6.61 Å². The minimum Gasteiger partial charge on any atom is -0.485 e. The molecule has 110 valence electrons. The molecule has 0 bridgehead atoms. The Morgan fingerprint density at radius 1 is 1.29 bits per heavy atom. The number of aromatic nitrogens is 1. The van der Waals surface area contributed by atoms with Crippen LogP contribution in [0.2, 0.25) is 0 Å². The maximum absolute atomic E-state index is 13.3. The molecule has 4 nitrogen and oxygen atoms in total. The molecule has 1 aromatic heterocycles. The second-order valence-corrected chi connectivity index (χ2v) is 4.89.